The zero-order valence-corrected chi connectivity index (χ0v) is 9.21. The van der Waals surface area contributed by atoms with Crippen molar-refractivity contribution in [2.75, 3.05) is 0 Å². The maximum Gasteiger partial charge on any atom is 0.0482 e. The van der Waals surface area contributed by atoms with Crippen LogP contribution in [-0.4, -0.2) is 0 Å². The number of fused-ring (bicyclic) bond motifs is 1. The molecule has 0 amide bonds. The fraction of sp³-hybridized carbons (Fsp3) is 0.273. The molecule has 0 bridgehead atoms. The van der Waals surface area contributed by atoms with Crippen molar-refractivity contribution in [1.82, 2.24) is 0 Å². The van der Waals surface area contributed by atoms with Gasteiger partial charge in [-0.05, 0) is 24.5 Å². The van der Waals surface area contributed by atoms with Gasteiger partial charge >= 0.3 is 0 Å². The summed E-state index contributed by atoms with van der Waals surface area (Å²) >= 11 is 2.53. The van der Waals surface area contributed by atoms with Crippen molar-refractivity contribution in [3.8, 4) is 0 Å². The molecule has 0 saturated carbocycles. The van der Waals surface area contributed by atoms with Crippen molar-refractivity contribution in [3.05, 3.63) is 41.5 Å². The smallest absolute Gasteiger partial charge is 0.0482 e. The van der Waals surface area contributed by atoms with Crippen molar-refractivity contribution in [2.45, 2.75) is 16.8 Å². The van der Waals surface area contributed by atoms with Gasteiger partial charge in [0.1, 0.15) is 0 Å². The summed E-state index contributed by atoms with van der Waals surface area (Å²) in [5.41, 5.74) is 2.84. The lowest BCUT2D eigenvalue weighted by atomic mass is 9.89. The number of hydrogen-bond acceptors (Lipinski definition) is 0. The Hall–Kier alpha value is -0.310. The third-order valence-electron chi connectivity index (χ3n) is 2.32. The van der Waals surface area contributed by atoms with Crippen molar-refractivity contribution in [1.29, 1.82) is 0 Å². The molecule has 0 fully saturated rings. The predicted molar refractivity (Wildman–Crippen MR) is 61.5 cm³/mol. The molecule has 1 atom stereocenters. The van der Waals surface area contributed by atoms with Gasteiger partial charge in [0.05, 0.1) is 0 Å². The highest BCUT2D eigenvalue weighted by Gasteiger charge is 2.25. The Bertz CT molecular complexity index is 324. The molecule has 0 nitrogen and oxygen atoms in total. The summed E-state index contributed by atoms with van der Waals surface area (Å²) in [6.07, 6.45) is 5.62. The van der Waals surface area contributed by atoms with Crippen LogP contribution in [0.2, 0.25) is 0 Å². The predicted octanol–water partition coefficient (Wildman–Crippen LogP) is 3.75. The molecule has 0 radical (unpaired) electrons. The fourth-order valence-corrected chi connectivity index (χ4v) is 2.38. The summed E-state index contributed by atoms with van der Waals surface area (Å²) in [6.45, 7) is 2.29. The van der Waals surface area contributed by atoms with E-state index in [9.17, 15) is 0 Å². The minimum absolute atomic E-state index is 0.295. The number of benzene rings is 1. The van der Waals surface area contributed by atoms with Gasteiger partial charge in [-0.3, -0.25) is 0 Å². The van der Waals surface area contributed by atoms with E-state index < -0.39 is 0 Å². The van der Waals surface area contributed by atoms with E-state index >= 15 is 0 Å². The fourth-order valence-electron chi connectivity index (χ4n) is 1.63. The standard InChI is InChI=1S/C11H11I/c1-11(12)8-4-6-9-5-2-3-7-10(9)11/h2-7H,8H2,1H3/t11-/m0/s1. The highest BCUT2D eigenvalue weighted by Crippen LogP contribution is 2.40. The van der Waals surface area contributed by atoms with Crippen LogP contribution in [0, 0.1) is 0 Å². The van der Waals surface area contributed by atoms with Crippen molar-refractivity contribution < 1.29 is 0 Å². The van der Waals surface area contributed by atoms with Gasteiger partial charge in [-0.15, -0.1) is 0 Å². The lowest BCUT2D eigenvalue weighted by Crippen LogP contribution is -2.15. The van der Waals surface area contributed by atoms with Gasteiger partial charge in [0.2, 0.25) is 0 Å². The number of allylic oxidation sites excluding steroid dienone is 1. The maximum atomic E-state index is 2.53. The zero-order valence-electron chi connectivity index (χ0n) is 7.05. The molecule has 0 spiro atoms. The van der Waals surface area contributed by atoms with Gasteiger partial charge < -0.3 is 0 Å². The van der Waals surface area contributed by atoms with E-state index in [1.165, 1.54) is 11.1 Å². The van der Waals surface area contributed by atoms with E-state index in [1.54, 1.807) is 0 Å². The second kappa shape index (κ2) is 2.87. The second-order valence-corrected chi connectivity index (χ2v) is 5.77. The van der Waals surface area contributed by atoms with Crippen LogP contribution in [0.25, 0.3) is 6.08 Å². The maximum absolute atomic E-state index is 2.53. The van der Waals surface area contributed by atoms with Gasteiger partial charge in [0.25, 0.3) is 0 Å². The quantitative estimate of drug-likeness (QED) is 0.497. The first-order valence-electron chi connectivity index (χ1n) is 4.15. The van der Waals surface area contributed by atoms with Crippen LogP contribution in [-0.2, 0) is 3.42 Å². The molecule has 1 aliphatic rings. The lowest BCUT2D eigenvalue weighted by Gasteiger charge is -2.26. The molecule has 0 aromatic heterocycles. The lowest BCUT2D eigenvalue weighted by molar-refractivity contribution is 0.736. The Labute approximate surface area is 86.8 Å². The molecule has 1 aliphatic carbocycles. The highest BCUT2D eigenvalue weighted by molar-refractivity contribution is 14.1. The van der Waals surface area contributed by atoms with Crippen molar-refractivity contribution >= 4 is 28.7 Å². The summed E-state index contributed by atoms with van der Waals surface area (Å²) in [5.74, 6) is 0. The summed E-state index contributed by atoms with van der Waals surface area (Å²) in [5, 5.41) is 0. The second-order valence-electron chi connectivity index (χ2n) is 3.39. The summed E-state index contributed by atoms with van der Waals surface area (Å²) in [6, 6.07) is 8.63. The van der Waals surface area contributed by atoms with Crippen molar-refractivity contribution in [2.24, 2.45) is 0 Å². The SMILES string of the molecule is C[C@]1(I)CC=Cc2ccccc21. The third-order valence-corrected chi connectivity index (χ3v) is 3.34. The third kappa shape index (κ3) is 1.30. The van der Waals surface area contributed by atoms with E-state index in [0.717, 1.165) is 6.42 Å². The Kier molecular flexibility index (Phi) is 1.99. The number of hydrogen-bond donors (Lipinski definition) is 0. The molecule has 2 rings (SSSR count). The Balaban J connectivity index is 2.60. The molecular formula is C11H11I. The highest BCUT2D eigenvalue weighted by atomic mass is 127. The van der Waals surface area contributed by atoms with Crippen LogP contribution in [0.15, 0.2) is 30.3 Å². The molecule has 1 aromatic carbocycles. The summed E-state index contributed by atoms with van der Waals surface area (Å²) in [7, 11) is 0. The molecule has 1 heteroatoms. The minimum Gasteiger partial charge on any atom is -0.0823 e. The molecule has 0 saturated heterocycles. The van der Waals surface area contributed by atoms with E-state index in [-0.39, 0.29) is 0 Å². The average molecular weight is 270 g/mol. The summed E-state index contributed by atoms with van der Waals surface area (Å²) in [4.78, 5) is 0. The van der Waals surface area contributed by atoms with Crippen LogP contribution in [0.3, 0.4) is 0 Å². The molecular weight excluding hydrogens is 259 g/mol. The van der Waals surface area contributed by atoms with Crippen molar-refractivity contribution in [3.63, 3.8) is 0 Å². The van der Waals surface area contributed by atoms with E-state index in [1.807, 2.05) is 0 Å². The first-order chi connectivity index (χ1) is 5.70. The van der Waals surface area contributed by atoms with Gasteiger partial charge in [0, 0.05) is 3.42 Å². The first kappa shape index (κ1) is 8.30. The van der Waals surface area contributed by atoms with E-state index in [2.05, 4.69) is 65.9 Å². The normalized spacial score (nSPS) is 26.8. The topological polar surface area (TPSA) is 0 Å². The zero-order chi connectivity index (χ0) is 8.60. The van der Waals surface area contributed by atoms with Crippen LogP contribution in [0.5, 0.6) is 0 Å². The average Bonchev–Trinajstić information content (AvgIpc) is 2.04. The van der Waals surface area contributed by atoms with Crippen LogP contribution in [0.1, 0.15) is 24.5 Å². The molecule has 0 unspecified atom stereocenters. The number of halogens is 1. The molecule has 0 heterocycles. The number of rotatable bonds is 0. The van der Waals surface area contributed by atoms with Gasteiger partial charge in [-0.2, -0.15) is 0 Å². The largest absolute Gasteiger partial charge is 0.0823 e. The molecule has 0 aliphatic heterocycles. The van der Waals surface area contributed by atoms with Gasteiger partial charge in [0.15, 0.2) is 0 Å². The first-order valence-corrected chi connectivity index (χ1v) is 5.23. The Morgan fingerprint density at radius 2 is 2.08 bits per heavy atom. The molecule has 12 heavy (non-hydrogen) atoms. The summed E-state index contributed by atoms with van der Waals surface area (Å²) < 4.78 is 0.295. The minimum atomic E-state index is 0.295. The molecule has 1 aromatic rings. The van der Waals surface area contributed by atoms with E-state index in [4.69, 9.17) is 0 Å². The molecule has 62 valence electrons. The monoisotopic (exact) mass is 270 g/mol. The number of alkyl halides is 1. The Morgan fingerprint density at radius 3 is 2.83 bits per heavy atom. The Morgan fingerprint density at radius 1 is 1.33 bits per heavy atom. The molecule has 0 N–H and O–H groups in total. The van der Waals surface area contributed by atoms with Crippen LogP contribution in [0.4, 0.5) is 0 Å². The van der Waals surface area contributed by atoms with Crippen LogP contribution >= 0.6 is 22.6 Å². The van der Waals surface area contributed by atoms with Crippen LogP contribution < -0.4 is 0 Å². The van der Waals surface area contributed by atoms with E-state index in [0.29, 0.717) is 3.42 Å². The van der Waals surface area contributed by atoms with Gasteiger partial charge in [-0.1, -0.05) is 59.0 Å². The van der Waals surface area contributed by atoms with Gasteiger partial charge in [-0.25, -0.2) is 0 Å².